The summed E-state index contributed by atoms with van der Waals surface area (Å²) in [5.74, 6) is 0. The minimum atomic E-state index is 0.209. The minimum absolute atomic E-state index is 0.209. The number of alkyl halides is 2. The number of nitrogens with zero attached hydrogens (tertiary/aromatic N) is 1. The molecular weight excluding hydrogens is 310 g/mol. The smallest absolute Gasteiger partial charge is 0.0631 e. The molecule has 1 rings (SSSR count). The zero-order valence-electron chi connectivity index (χ0n) is 9.09. The van der Waals surface area contributed by atoms with Crippen LogP contribution in [0.4, 0.5) is 0 Å². The molecule has 2 unspecified atom stereocenters. The summed E-state index contributed by atoms with van der Waals surface area (Å²) < 4.78 is 5.60. The van der Waals surface area contributed by atoms with Crippen LogP contribution in [0.3, 0.4) is 0 Å². The maximum atomic E-state index is 5.60. The summed E-state index contributed by atoms with van der Waals surface area (Å²) in [6.45, 7) is 8.48. The first-order valence-corrected chi connectivity index (χ1v) is 7.23. The van der Waals surface area contributed by atoms with Crippen molar-refractivity contribution in [3.8, 4) is 0 Å². The highest BCUT2D eigenvalue weighted by Gasteiger charge is 2.37. The second-order valence-corrected chi connectivity index (χ2v) is 6.03. The Bertz CT molecular complexity index is 169. The molecule has 0 N–H and O–H groups in total. The van der Waals surface area contributed by atoms with Crippen molar-refractivity contribution in [2.45, 2.75) is 38.4 Å². The number of halogens is 2. The predicted molar refractivity (Wildman–Crippen MR) is 67.6 cm³/mol. The van der Waals surface area contributed by atoms with Crippen molar-refractivity contribution in [2.24, 2.45) is 0 Å². The molecule has 1 saturated heterocycles. The first-order valence-electron chi connectivity index (χ1n) is 4.98. The fraction of sp³-hybridized carbons (Fsp3) is 1.00. The lowest BCUT2D eigenvalue weighted by Crippen LogP contribution is -2.61. The van der Waals surface area contributed by atoms with Crippen molar-refractivity contribution in [1.82, 2.24) is 4.90 Å². The molecule has 0 saturated carbocycles. The van der Waals surface area contributed by atoms with E-state index in [0.29, 0.717) is 12.1 Å². The van der Waals surface area contributed by atoms with Crippen LogP contribution in [0.2, 0.25) is 0 Å². The van der Waals surface area contributed by atoms with Gasteiger partial charge in [-0.3, -0.25) is 4.90 Å². The molecule has 1 fully saturated rings. The van der Waals surface area contributed by atoms with Gasteiger partial charge in [0.05, 0.1) is 13.2 Å². The zero-order chi connectivity index (χ0) is 10.8. The third-order valence-corrected chi connectivity index (χ3v) is 4.03. The number of hydrogen-bond acceptors (Lipinski definition) is 2. The molecule has 1 heterocycles. The Morgan fingerprint density at radius 1 is 1.14 bits per heavy atom. The lowest BCUT2D eigenvalue weighted by atomic mass is 9.99. The van der Waals surface area contributed by atoms with Gasteiger partial charge in [0, 0.05) is 28.3 Å². The normalized spacial score (nSPS) is 30.6. The number of rotatable bonds is 2. The van der Waals surface area contributed by atoms with Crippen molar-refractivity contribution in [1.29, 1.82) is 0 Å². The van der Waals surface area contributed by atoms with E-state index in [0.717, 1.165) is 23.9 Å². The minimum Gasteiger partial charge on any atom is -0.378 e. The molecule has 0 aliphatic carbocycles. The second-order valence-electron chi connectivity index (χ2n) is 4.73. The molecule has 1 aliphatic rings. The van der Waals surface area contributed by atoms with E-state index < -0.39 is 0 Å². The summed E-state index contributed by atoms with van der Waals surface area (Å²) in [5.41, 5.74) is 0.209. The zero-order valence-corrected chi connectivity index (χ0v) is 12.3. The number of ether oxygens (including phenoxy) is 1. The van der Waals surface area contributed by atoms with E-state index in [1.807, 2.05) is 0 Å². The molecule has 0 spiro atoms. The average molecular weight is 329 g/mol. The highest BCUT2D eigenvalue weighted by Crippen LogP contribution is 2.26. The molecule has 2 atom stereocenters. The maximum Gasteiger partial charge on any atom is 0.0631 e. The lowest BCUT2D eigenvalue weighted by Gasteiger charge is -2.48. The topological polar surface area (TPSA) is 12.5 Å². The molecule has 2 nitrogen and oxygen atoms in total. The largest absolute Gasteiger partial charge is 0.378 e. The maximum absolute atomic E-state index is 5.60. The molecule has 0 amide bonds. The van der Waals surface area contributed by atoms with Crippen LogP contribution >= 0.6 is 31.9 Å². The van der Waals surface area contributed by atoms with Gasteiger partial charge in [-0.1, -0.05) is 31.9 Å². The van der Waals surface area contributed by atoms with Crippen molar-refractivity contribution < 1.29 is 4.74 Å². The Kier molecular flexibility index (Phi) is 4.88. The fourth-order valence-corrected chi connectivity index (χ4v) is 3.13. The van der Waals surface area contributed by atoms with E-state index in [-0.39, 0.29) is 5.54 Å². The lowest BCUT2D eigenvalue weighted by molar-refractivity contribution is -0.0739. The van der Waals surface area contributed by atoms with Gasteiger partial charge in [-0.25, -0.2) is 0 Å². The second kappa shape index (κ2) is 5.28. The number of hydrogen-bond donors (Lipinski definition) is 0. The van der Waals surface area contributed by atoms with E-state index in [9.17, 15) is 0 Å². The molecule has 0 bridgehead atoms. The van der Waals surface area contributed by atoms with Gasteiger partial charge in [0.1, 0.15) is 0 Å². The van der Waals surface area contributed by atoms with Crippen LogP contribution in [0.15, 0.2) is 0 Å². The third kappa shape index (κ3) is 2.94. The Balaban J connectivity index is 2.78. The van der Waals surface area contributed by atoms with E-state index in [4.69, 9.17) is 4.74 Å². The number of morpholine rings is 1. The van der Waals surface area contributed by atoms with Gasteiger partial charge in [0.25, 0.3) is 0 Å². The summed E-state index contributed by atoms with van der Waals surface area (Å²) in [4.78, 5) is 2.56. The van der Waals surface area contributed by atoms with E-state index in [1.165, 1.54) is 0 Å². The fourth-order valence-electron chi connectivity index (χ4n) is 2.13. The standard InChI is InChI=1S/C10H19Br2NO/c1-10(2,3)13-8(4-11)6-14-7-9(13)5-12/h8-9H,4-7H2,1-3H3. The van der Waals surface area contributed by atoms with Gasteiger partial charge in [0.2, 0.25) is 0 Å². The van der Waals surface area contributed by atoms with Crippen molar-refractivity contribution in [2.75, 3.05) is 23.9 Å². The molecule has 84 valence electrons. The molecule has 0 aromatic heterocycles. The van der Waals surface area contributed by atoms with Gasteiger partial charge in [0.15, 0.2) is 0 Å². The summed E-state index contributed by atoms with van der Waals surface area (Å²) >= 11 is 7.13. The Labute approximate surface area is 104 Å². The molecule has 0 aromatic carbocycles. The molecule has 1 aliphatic heterocycles. The molecule has 0 radical (unpaired) electrons. The Hall–Kier alpha value is 0.880. The van der Waals surface area contributed by atoms with Gasteiger partial charge < -0.3 is 4.74 Å². The first kappa shape index (κ1) is 12.9. The van der Waals surface area contributed by atoms with Crippen molar-refractivity contribution >= 4 is 31.9 Å². The van der Waals surface area contributed by atoms with Crippen LogP contribution in [-0.4, -0.2) is 46.4 Å². The quantitative estimate of drug-likeness (QED) is 0.723. The van der Waals surface area contributed by atoms with Crippen LogP contribution in [0.5, 0.6) is 0 Å². The SMILES string of the molecule is CC(C)(C)N1C(CBr)COCC1CBr. The monoisotopic (exact) mass is 327 g/mol. The Morgan fingerprint density at radius 2 is 1.57 bits per heavy atom. The summed E-state index contributed by atoms with van der Waals surface area (Å²) in [5, 5.41) is 1.96. The van der Waals surface area contributed by atoms with Crippen molar-refractivity contribution in [3.05, 3.63) is 0 Å². The van der Waals surface area contributed by atoms with Crippen LogP contribution in [0.25, 0.3) is 0 Å². The van der Waals surface area contributed by atoms with E-state index >= 15 is 0 Å². The predicted octanol–water partition coefficient (Wildman–Crippen LogP) is 2.64. The molecular formula is C10H19Br2NO. The van der Waals surface area contributed by atoms with Gasteiger partial charge in [-0.2, -0.15) is 0 Å². The van der Waals surface area contributed by atoms with E-state index in [1.54, 1.807) is 0 Å². The average Bonchev–Trinajstić information content (AvgIpc) is 2.15. The van der Waals surface area contributed by atoms with Crippen LogP contribution in [0, 0.1) is 0 Å². The molecule has 14 heavy (non-hydrogen) atoms. The Morgan fingerprint density at radius 3 is 1.86 bits per heavy atom. The van der Waals surface area contributed by atoms with Crippen LogP contribution in [-0.2, 0) is 4.74 Å². The van der Waals surface area contributed by atoms with E-state index in [2.05, 4.69) is 57.5 Å². The highest BCUT2D eigenvalue weighted by atomic mass is 79.9. The van der Waals surface area contributed by atoms with Crippen molar-refractivity contribution in [3.63, 3.8) is 0 Å². The van der Waals surface area contributed by atoms with Gasteiger partial charge >= 0.3 is 0 Å². The van der Waals surface area contributed by atoms with Gasteiger partial charge in [-0.15, -0.1) is 0 Å². The highest BCUT2D eigenvalue weighted by molar-refractivity contribution is 9.09. The first-order chi connectivity index (χ1) is 6.50. The van der Waals surface area contributed by atoms with Crippen LogP contribution in [0.1, 0.15) is 20.8 Å². The molecule has 4 heteroatoms. The molecule has 0 aromatic rings. The van der Waals surface area contributed by atoms with Crippen LogP contribution < -0.4 is 0 Å². The third-order valence-electron chi connectivity index (χ3n) is 2.54. The van der Waals surface area contributed by atoms with Gasteiger partial charge in [-0.05, 0) is 20.8 Å². The summed E-state index contributed by atoms with van der Waals surface area (Å²) in [6, 6.07) is 0.984. The summed E-state index contributed by atoms with van der Waals surface area (Å²) in [6.07, 6.45) is 0. The summed E-state index contributed by atoms with van der Waals surface area (Å²) in [7, 11) is 0.